The van der Waals surface area contributed by atoms with Crippen LogP contribution in [0.25, 0.3) is 0 Å². The lowest BCUT2D eigenvalue weighted by Gasteiger charge is -2.40. The summed E-state index contributed by atoms with van der Waals surface area (Å²) in [7, 11) is 0. The molecule has 2 rings (SSSR count). The lowest BCUT2D eigenvalue weighted by molar-refractivity contribution is -0.384. The van der Waals surface area contributed by atoms with Gasteiger partial charge in [0.25, 0.3) is 5.69 Å². The number of nitrogens with one attached hydrogen (secondary N) is 1. The molecule has 1 aromatic rings. The molecular weight excluding hydrogens is 293 g/mol. The van der Waals surface area contributed by atoms with E-state index in [0.29, 0.717) is 13.1 Å². The molecule has 1 aliphatic heterocycles. The molecule has 0 saturated carbocycles. The topological polar surface area (TPSA) is 84.7 Å². The average molecular weight is 311 g/mol. The van der Waals surface area contributed by atoms with Crippen molar-refractivity contribution in [3.05, 3.63) is 34.1 Å². The number of hydrogen-bond donors (Lipinski definition) is 1. The Balaban J connectivity index is 1.96. The van der Waals surface area contributed by atoms with Crippen LogP contribution in [-0.4, -0.2) is 40.6 Å². The summed E-state index contributed by atoms with van der Waals surface area (Å²) < 4.78 is 18.9. The minimum Gasteiger partial charge on any atom is -0.444 e. The normalized spacial score (nSPS) is 15.2. The van der Waals surface area contributed by atoms with E-state index >= 15 is 0 Å². The number of carbonyl (C=O) groups is 1. The maximum absolute atomic E-state index is 13.7. The minimum absolute atomic E-state index is 0.152. The van der Waals surface area contributed by atoms with Crippen LogP contribution in [-0.2, 0) is 4.74 Å². The van der Waals surface area contributed by atoms with Gasteiger partial charge in [-0.25, -0.2) is 9.18 Å². The van der Waals surface area contributed by atoms with Crippen LogP contribution < -0.4 is 5.32 Å². The summed E-state index contributed by atoms with van der Waals surface area (Å²) >= 11 is 0. The molecule has 7 nitrogen and oxygen atoms in total. The molecule has 0 radical (unpaired) electrons. The standard InChI is InChI=1S/C14H18FN3O4/c1-14(2,3)22-13(19)17-7-9(8-17)16-12-10(15)5-4-6-11(12)18(20)21/h4-6,9,16H,7-8H2,1-3H3. The molecule has 0 atom stereocenters. The molecule has 0 aromatic heterocycles. The van der Waals surface area contributed by atoms with Gasteiger partial charge < -0.3 is 15.0 Å². The van der Waals surface area contributed by atoms with Gasteiger partial charge in [0.1, 0.15) is 11.3 Å². The van der Waals surface area contributed by atoms with E-state index in [9.17, 15) is 19.3 Å². The van der Waals surface area contributed by atoms with Crippen LogP contribution in [0.3, 0.4) is 0 Å². The third-order valence-corrected chi connectivity index (χ3v) is 3.07. The fourth-order valence-corrected chi connectivity index (χ4v) is 2.06. The van der Waals surface area contributed by atoms with Gasteiger partial charge in [-0.1, -0.05) is 6.07 Å². The third kappa shape index (κ3) is 3.63. The number of benzene rings is 1. The molecule has 1 amide bonds. The quantitative estimate of drug-likeness (QED) is 0.685. The van der Waals surface area contributed by atoms with E-state index in [1.54, 1.807) is 20.8 Å². The van der Waals surface area contributed by atoms with Crippen LogP contribution in [0.2, 0.25) is 0 Å². The summed E-state index contributed by atoms with van der Waals surface area (Å²) in [5.74, 6) is -0.690. The molecule has 0 aliphatic carbocycles. The van der Waals surface area contributed by atoms with Gasteiger partial charge in [-0.3, -0.25) is 10.1 Å². The van der Waals surface area contributed by atoms with Crippen LogP contribution in [0.5, 0.6) is 0 Å². The van der Waals surface area contributed by atoms with E-state index in [0.717, 1.165) is 6.07 Å². The highest BCUT2D eigenvalue weighted by Crippen LogP contribution is 2.29. The first-order valence-electron chi connectivity index (χ1n) is 6.85. The molecule has 1 N–H and O–H groups in total. The largest absolute Gasteiger partial charge is 0.444 e. The van der Waals surface area contributed by atoms with E-state index in [1.807, 2.05) is 0 Å². The minimum atomic E-state index is -0.690. The van der Waals surface area contributed by atoms with Crippen molar-refractivity contribution in [1.82, 2.24) is 4.90 Å². The molecule has 1 aliphatic rings. The molecule has 1 aromatic carbocycles. The zero-order chi connectivity index (χ0) is 16.5. The van der Waals surface area contributed by atoms with Crippen LogP contribution in [0.15, 0.2) is 18.2 Å². The third-order valence-electron chi connectivity index (χ3n) is 3.07. The van der Waals surface area contributed by atoms with Crippen molar-refractivity contribution < 1.29 is 18.8 Å². The number of halogens is 1. The number of amides is 1. The number of para-hydroxylation sites is 1. The molecule has 1 heterocycles. The van der Waals surface area contributed by atoms with E-state index in [1.165, 1.54) is 17.0 Å². The van der Waals surface area contributed by atoms with E-state index in [4.69, 9.17) is 4.74 Å². The molecule has 0 spiro atoms. The van der Waals surface area contributed by atoms with Crippen molar-refractivity contribution in [2.24, 2.45) is 0 Å². The zero-order valence-corrected chi connectivity index (χ0v) is 12.6. The van der Waals surface area contributed by atoms with E-state index in [2.05, 4.69) is 5.32 Å². The van der Waals surface area contributed by atoms with Gasteiger partial charge in [0.05, 0.1) is 11.0 Å². The Morgan fingerprint density at radius 2 is 2.09 bits per heavy atom. The Morgan fingerprint density at radius 3 is 2.64 bits per heavy atom. The summed E-state index contributed by atoms with van der Waals surface area (Å²) in [5, 5.41) is 13.7. The van der Waals surface area contributed by atoms with E-state index < -0.39 is 22.4 Å². The number of anilines is 1. The number of carbonyl (C=O) groups excluding carboxylic acids is 1. The maximum Gasteiger partial charge on any atom is 0.410 e. The summed E-state index contributed by atoms with van der Waals surface area (Å²) in [5.41, 5.74) is -1.06. The van der Waals surface area contributed by atoms with Gasteiger partial charge in [-0.2, -0.15) is 0 Å². The SMILES string of the molecule is CC(C)(C)OC(=O)N1CC(Nc2c(F)cccc2[N+](=O)[O-])C1. The molecule has 120 valence electrons. The Hall–Kier alpha value is -2.38. The van der Waals surface area contributed by atoms with Crippen molar-refractivity contribution in [3.63, 3.8) is 0 Å². The first-order chi connectivity index (χ1) is 10.2. The van der Waals surface area contributed by atoms with Gasteiger partial charge in [0, 0.05) is 19.2 Å². The zero-order valence-electron chi connectivity index (χ0n) is 12.6. The highest BCUT2D eigenvalue weighted by Gasteiger charge is 2.35. The van der Waals surface area contributed by atoms with Gasteiger partial charge in [-0.05, 0) is 26.8 Å². The Kier molecular flexibility index (Phi) is 4.20. The van der Waals surface area contributed by atoms with Gasteiger partial charge in [-0.15, -0.1) is 0 Å². The number of ether oxygens (including phenoxy) is 1. The number of nitrogens with zero attached hydrogens (tertiary/aromatic N) is 2. The van der Waals surface area contributed by atoms with Gasteiger partial charge in [0.2, 0.25) is 0 Å². The molecule has 0 unspecified atom stereocenters. The average Bonchev–Trinajstić information content (AvgIpc) is 2.31. The van der Waals surface area contributed by atoms with Crippen molar-refractivity contribution in [3.8, 4) is 0 Å². The lowest BCUT2D eigenvalue weighted by Crippen LogP contribution is -2.58. The van der Waals surface area contributed by atoms with E-state index in [-0.39, 0.29) is 17.4 Å². The molecular formula is C14H18FN3O4. The summed E-state index contributed by atoms with van der Waals surface area (Å²) in [4.78, 5) is 23.5. The second kappa shape index (κ2) is 5.78. The first kappa shape index (κ1) is 16.0. The summed E-state index contributed by atoms with van der Waals surface area (Å²) in [6.07, 6.45) is -0.450. The highest BCUT2D eigenvalue weighted by molar-refractivity contribution is 5.70. The molecule has 0 bridgehead atoms. The van der Waals surface area contributed by atoms with Crippen LogP contribution in [0, 0.1) is 15.9 Å². The highest BCUT2D eigenvalue weighted by atomic mass is 19.1. The second-order valence-electron chi connectivity index (χ2n) is 6.12. The Morgan fingerprint density at radius 1 is 1.45 bits per heavy atom. The van der Waals surface area contributed by atoms with Crippen molar-refractivity contribution in [2.75, 3.05) is 18.4 Å². The van der Waals surface area contributed by atoms with Gasteiger partial charge >= 0.3 is 6.09 Å². The smallest absolute Gasteiger partial charge is 0.410 e. The summed E-state index contributed by atoms with van der Waals surface area (Å²) in [6, 6.07) is 3.42. The lowest BCUT2D eigenvalue weighted by atomic mass is 10.1. The number of nitro groups is 1. The first-order valence-corrected chi connectivity index (χ1v) is 6.85. The Labute approximate surface area is 127 Å². The van der Waals surface area contributed by atoms with Crippen LogP contribution >= 0.6 is 0 Å². The number of likely N-dealkylation sites (tertiary alicyclic amines) is 1. The van der Waals surface area contributed by atoms with Gasteiger partial charge in [0.15, 0.2) is 5.82 Å². The predicted octanol–water partition coefficient (Wildman–Crippen LogP) is 2.77. The Bertz CT molecular complexity index is 594. The number of rotatable bonds is 3. The van der Waals surface area contributed by atoms with Crippen molar-refractivity contribution in [1.29, 1.82) is 0 Å². The number of nitro benzene ring substituents is 1. The molecule has 1 saturated heterocycles. The van der Waals surface area contributed by atoms with Crippen molar-refractivity contribution >= 4 is 17.5 Å². The van der Waals surface area contributed by atoms with Crippen LogP contribution in [0.4, 0.5) is 20.6 Å². The van der Waals surface area contributed by atoms with Crippen molar-refractivity contribution in [2.45, 2.75) is 32.4 Å². The fraction of sp³-hybridized carbons (Fsp3) is 0.500. The molecule has 8 heteroatoms. The molecule has 22 heavy (non-hydrogen) atoms. The van der Waals surface area contributed by atoms with Crippen LogP contribution in [0.1, 0.15) is 20.8 Å². The predicted molar refractivity (Wildman–Crippen MR) is 78.3 cm³/mol. The summed E-state index contributed by atoms with van der Waals surface area (Å²) in [6.45, 7) is 5.91. The second-order valence-corrected chi connectivity index (χ2v) is 6.12. The monoisotopic (exact) mass is 311 g/mol. The maximum atomic E-state index is 13.7. The molecule has 1 fully saturated rings. The fourth-order valence-electron chi connectivity index (χ4n) is 2.06. The number of hydrogen-bond acceptors (Lipinski definition) is 5.